The van der Waals surface area contributed by atoms with Crippen LogP contribution in [0.25, 0.3) is 33.1 Å². The molecule has 108 valence electrons. The van der Waals surface area contributed by atoms with E-state index in [0.717, 1.165) is 44.2 Å². The van der Waals surface area contributed by atoms with E-state index in [-0.39, 0.29) is 0 Å². The van der Waals surface area contributed by atoms with Crippen molar-refractivity contribution in [2.45, 2.75) is 13.8 Å². The molecule has 3 aromatic carbocycles. The van der Waals surface area contributed by atoms with Gasteiger partial charge in [0, 0.05) is 10.8 Å². The molecular formula is C20H16O2. The maximum absolute atomic E-state index is 10.0. The fourth-order valence-corrected chi connectivity index (χ4v) is 3.13. The van der Waals surface area contributed by atoms with Crippen molar-refractivity contribution < 1.29 is 9.52 Å². The fourth-order valence-electron chi connectivity index (χ4n) is 3.13. The Bertz CT molecular complexity index is 986. The lowest BCUT2D eigenvalue weighted by Gasteiger charge is -2.09. The Morgan fingerprint density at radius 1 is 0.818 bits per heavy atom. The van der Waals surface area contributed by atoms with Crippen LogP contribution in [-0.2, 0) is 0 Å². The van der Waals surface area contributed by atoms with E-state index in [4.69, 9.17) is 4.42 Å². The minimum absolute atomic E-state index is 0.368. The van der Waals surface area contributed by atoms with Crippen LogP contribution in [0.5, 0.6) is 5.75 Å². The van der Waals surface area contributed by atoms with Crippen LogP contribution < -0.4 is 0 Å². The molecule has 0 amide bonds. The molecule has 0 saturated carbocycles. The van der Waals surface area contributed by atoms with Crippen LogP contribution >= 0.6 is 0 Å². The third kappa shape index (κ3) is 1.81. The average molecular weight is 288 g/mol. The van der Waals surface area contributed by atoms with Gasteiger partial charge in [0.15, 0.2) is 0 Å². The lowest BCUT2D eigenvalue weighted by atomic mass is 9.96. The Kier molecular flexibility index (Phi) is 2.73. The minimum Gasteiger partial charge on any atom is -0.507 e. The summed E-state index contributed by atoms with van der Waals surface area (Å²) >= 11 is 0. The van der Waals surface area contributed by atoms with Gasteiger partial charge in [-0.2, -0.15) is 0 Å². The predicted molar refractivity (Wildman–Crippen MR) is 90.3 cm³/mol. The van der Waals surface area contributed by atoms with Gasteiger partial charge in [0.1, 0.15) is 16.9 Å². The monoisotopic (exact) mass is 288 g/mol. The van der Waals surface area contributed by atoms with Crippen LogP contribution in [0, 0.1) is 13.8 Å². The summed E-state index contributed by atoms with van der Waals surface area (Å²) < 4.78 is 5.95. The number of hydrogen-bond acceptors (Lipinski definition) is 2. The molecule has 2 heteroatoms. The lowest BCUT2D eigenvalue weighted by Crippen LogP contribution is -1.85. The molecular weight excluding hydrogens is 272 g/mol. The second kappa shape index (κ2) is 4.63. The van der Waals surface area contributed by atoms with Crippen LogP contribution in [-0.4, -0.2) is 5.11 Å². The molecule has 0 aliphatic carbocycles. The van der Waals surface area contributed by atoms with Gasteiger partial charge in [-0.05, 0) is 60.4 Å². The summed E-state index contributed by atoms with van der Waals surface area (Å²) in [4.78, 5) is 0. The van der Waals surface area contributed by atoms with Crippen molar-refractivity contribution >= 4 is 21.9 Å². The molecule has 22 heavy (non-hydrogen) atoms. The van der Waals surface area contributed by atoms with E-state index < -0.39 is 0 Å². The van der Waals surface area contributed by atoms with Crippen molar-refractivity contribution in [3.63, 3.8) is 0 Å². The largest absolute Gasteiger partial charge is 0.507 e. The molecule has 4 aromatic rings. The second-order valence-electron chi connectivity index (χ2n) is 5.74. The number of furan rings is 1. The van der Waals surface area contributed by atoms with E-state index in [0.29, 0.717) is 5.75 Å². The molecule has 1 aromatic heterocycles. The Balaban J connectivity index is 2.11. The molecule has 0 atom stereocenters. The van der Waals surface area contributed by atoms with E-state index >= 15 is 0 Å². The van der Waals surface area contributed by atoms with Crippen LogP contribution in [0.15, 0.2) is 59.0 Å². The number of para-hydroxylation sites is 1. The summed E-state index contributed by atoms with van der Waals surface area (Å²) in [6.07, 6.45) is 0. The topological polar surface area (TPSA) is 33.4 Å². The van der Waals surface area contributed by atoms with Gasteiger partial charge in [0.05, 0.1) is 0 Å². The molecule has 0 unspecified atom stereocenters. The molecule has 0 saturated heterocycles. The summed E-state index contributed by atoms with van der Waals surface area (Å²) in [5.41, 5.74) is 5.80. The smallest absolute Gasteiger partial charge is 0.136 e. The van der Waals surface area contributed by atoms with E-state index in [1.165, 1.54) is 0 Å². The highest BCUT2D eigenvalue weighted by Gasteiger charge is 2.13. The molecule has 0 radical (unpaired) electrons. The molecule has 0 aliphatic heterocycles. The Morgan fingerprint density at radius 3 is 2.27 bits per heavy atom. The number of benzene rings is 3. The maximum Gasteiger partial charge on any atom is 0.136 e. The number of aromatic hydroxyl groups is 1. The number of phenols is 1. The molecule has 1 N–H and O–H groups in total. The number of rotatable bonds is 1. The average Bonchev–Trinajstić information content (AvgIpc) is 2.90. The molecule has 0 spiro atoms. The van der Waals surface area contributed by atoms with Crippen molar-refractivity contribution in [2.75, 3.05) is 0 Å². The molecule has 2 nitrogen and oxygen atoms in total. The Hall–Kier alpha value is -2.74. The van der Waals surface area contributed by atoms with Gasteiger partial charge in [-0.25, -0.2) is 0 Å². The van der Waals surface area contributed by atoms with Gasteiger partial charge >= 0.3 is 0 Å². The van der Waals surface area contributed by atoms with Crippen LogP contribution in [0.2, 0.25) is 0 Å². The quantitative estimate of drug-likeness (QED) is 0.496. The first-order chi connectivity index (χ1) is 10.6. The van der Waals surface area contributed by atoms with Gasteiger partial charge in [-0.15, -0.1) is 0 Å². The Morgan fingerprint density at radius 2 is 1.50 bits per heavy atom. The predicted octanol–water partition coefficient (Wildman–Crippen LogP) is 5.58. The number of phenolic OH excluding ortho intramolecular Hbond substituents is 1. The highest BCUT2D eigenvalue weighted by molar-refractivity contribution is 6.12. The third-order valence-corrected chi connectivity index (χ3v) is 4.20. The van der Waals surface area contributed by atoms with Gasteiger partial charge in [-0.1, -0.05) is 30.3 Å². The van der Waals surface area contributed by atoms with Crippen molar-refractivity contribution in [3.8, 4) is 16.9 Å². The first kappa shape index (κ1) is 13.0. The van der Waals surface area contributed by atoms with E-state index in [9.17, 15) is 5.11 Å². The van der Waals surface area contributed by atoms with Crippen molar-refractivity contribution in [1.82, 2.24) is 0 Å². The standard InChI is InChI=1S/C20H16O2/c1-12-10-14(11-13(2)20(12)21)15-7-5-9-18-19(15)16-6-3-4-8-17(16)22-18/h3-11,21H,1-2H3. The zero-order valence-corrected chi connectivity index (χ0v) is 12.6. The normalized spacial score (nSPS) is 11.4. The molecule has 0 fully saturated rings. The van der Waals surface area contributed by atoms with Crippen molar-refractivity contribution in [2.24, 2.45) is 0 Å². The molecule has 1 heterocycles. The van der Waals surface area contributed by atoms with Gasteiger partial charge in [0.2, 0.25) is 0 Å². The molecule has 0 bridgehead atoms. The summed E-state index contributed by atoms with van der Waals surface area (Å²) in [7, 11) is 0. The summed E-state index contributed by atoms with van der Waals surface area (Å²) in [6, 6.07) is 18.3. The molecule has 4 rings (SSSR count). The van der Waals surface area contributed by atoms with Gasteiger partial charge < -0.3 is 9.52 Å². The van der Waals surface area contributed by atoms with Crippen LogP contribution in [0.3, 0.4) is 0 Å². The van der Waals surface area contributed by atoms with Crippen molar-refractivity contribution in [1.29, 1.82) is 0 Å². The number of aryl methyl sites for hydroxylation is 2. The third-order valence-electron chi connectivity index (χ3n) is 4.20. The number of fused-ring (bicyclic) bond motifs is 3. The summed E-state index contributed by atoms with van der Waals surface area (Å²) in [5, 5.41) is 12.3. The van der Waals surface area contributed by atoms with Gasteiger partial charge in [0.25, 0.3) is 0 Å². The zero-order valence-electron chi connectivity index (χ0n) is 12.6. The second-order valence-corrected chi connectivity index (χ2v) is 5.74. The van der Waals surface area contributed by atoms with E-state index in [1.54, 1.807) is 0 Å². The van der Waals surface area contributed by atoms with E-state index in [1.807, 2.05) is 56.3 Å². The fraction of sp³-hybridized carbons (Fsp3) is 0.100. The summed E-state index contributed by atoms with van der Waals surface area (Å²) in [6.45, 7) is 3.86. The van der Waals surface area contributed by atoms with E-state index in [2.05, 4.69) is 12.1 Å². The van der Waals surface area contributed by atoms with Gasteiger partial charge in [-0.3, -0.25) is 0 Å². The number of hydrogen-bond donors (Lipinski definition) is 1. The van der Waals surface area contributed by atoms with Crippen LogP contribution in [0.4, 0.5) is 0 Å². The first-order valence-electron chi connectivity index (χ1n) is 7.36. The Labute approximate surface area is 128 Å². The highest BCUT2D eigenvalue weighted by atomic mass is 16.3. The first-order valence-corrected chi connectivity index (χ1v) is 7.36. The zero-order chi connectivity index (χ0) is 15.3. The highest BCUT2D eigenvalue weighted by Crippen LogP contribution is 2.38. The van der Waals surface area contributed by atoms with Crippen molar-refractivity contribution in [3.05, 3.63) is 65.7 Å². The lowest BCUT2D eigenvalue weighted by molar-refractivity contribution is 0.467. The SMILES string of the molecule is Cc1cc(-c2cccc3oc4ccccc4c23)cc(C)c1O. The van der Waals surface area contributed by atoms with Crippen LogP contribution in [0.1, 0.15) is 11.1 Å². The maximum atomic E-state index is 10.0. The molecule has 0 aliphatic rings. The summed E-state index contributed by atoms with van der Waals surface area (Å²) in [5.74, 6) is 0.368. The minimum atomic E-state index is 0.368.